The minimum absolute atomic E-state index is 0.0975. The molecule has 0 aromatic heterocycles. The van der Waals surface area contributed by atoms with E-state index >= 15 is 0 Å². The zero-order valence-electron chi connectivity index (χ0n) is 8.29. The monoisotopic (exact) mass is 224 g/mol. The first kappa shape index (κ1) is 10.5. The topological polar surface area (TPSA) is 55.1 Å². The van der Waals surface area contributed by atoms with E-state index in [1.54, 1.807) is 12.1 Å². The molecular weight excluding hydrogens is 212 g/mol. The molecule has 0 spiro atoms. The van der Waals surface area contributed by atoms with Crippen molar-refractivity contribution < 1.29 is 4.79 Å². The van der Waals surface area contributed by atoms with Gasteiger partial charge in [0.1, 0.15) is 0 Å². The van der Waals surface area contributed by atoms with Crippen molar-refractivity contribution in [1.82, 2.24) is 0 Å². The summed E-state index contributed by atoms with van der Waals surface area (Å²) in [5.41, 5.74) is 7.15. The maximum absolute atomic E-state index is 11.5. The quantitative estimate of drug-likeness (QED) is 0.827. The van der Waals surface area contributed by atoms with E-state index in [1.165, 1.54) is 0 Å². The Labute approximate surface area is 93.6 Å². The van der Waals surface area contributed by atoms with Gasteiger partial charge in [0.05, 0.1) is 0 Å². The number of hydrogen-bond acceptors (Lipinski definition) is 2. The van der Waals surface area contributed by atoms with E-state index < -0.39 is 0 Å². The molecule has 0 aliphatic heterocycles. The molecule has 1 aliphatic carbocycles. The van der Waals surface area contributed by atoms with Crippen molar-refractivity contribution in [2.75, 3.05) is 5.32 Å². The molecular formula is C11H13ClN2O. The summed E-state index contributed by atoms with van der Waals surface area (Å²) in [5, 5.41) is 3.49. The van der Waals surface area contributed by atoms with Crippen molar-refractivity contribution in [3.63, 3.8) is 0 Å². The van der Waals surface area contributed by atoms with E-state index in [2.05, 4.69) is 5.32 Å². The van der Waals surface area contributed by atoms with Gasteiger partial charge in [-0.15, -0.1) is 0 Å². The van der Waals surface area contributed by atoms with Gasteiger partial charge in [0, 0.05) is 23.2 Å². The first-order chi connectivity index (χ1) is 7.20. The largest absolute Gasteiger partial charge is 0.326 e. The summed E-state index contributed by atoms with van der Waals surface area (Å²) in [6.45, 7) is 0.381. The van der Waals surface area contributed by atoms with E-state index in [9.17, 15) is 4.79 Å². The first-order valence-corrected chi connectivity index (χ1v) is 5.38. The molecule has 1 fully saturated rings. The predicted molar refractivity (Wildman–Crippen MR) is 60.7 cm³/mol. The fourth-order valence-electron chi connectivity index (χ4n) is 1.40. The van der Waals surface area contributed by atoms with Gasteiger partial charge in [0.25, 0.3) is 0 Å². The molecule has 0 heterocycles. The summed E-state index contributed by atoms with van der Waals surface area (Å²) in [4.78, 5) is 11.5. The summed E-state index contributed by atoms with van der Waals surface area (Å²) in [6, 6.07) is 5.37. The lowest BCUT2D eigenvalue weighted by Gasteiger charge is -2.07. The lowest BCUT2D eigenvalue weighted by atomic mass is 10.2. The molecule has 0 bridgehead atoms. The van der Waals surface area contributed by atoms with Crippen molar-refractivity contribution in [3.05, 3.63) is 28.8 Å². The molecule has 15 heavy (non-hydrogen) atoms. The van der Waals surface area contributed by atoms with Crippen LogP contribution in [0.1, 0.15) is 18.4 Å². The molecule has 4 heteroatoms. The highest BCUT2D eigenvalue weighted by atomic mass is 35.5. The highest BCUT2D eigenvalue weighted by molar-refractivity contribution is 6.31. The number of anilines is 1. The summed E-state index contributed by atoms with van der Waals surface area (Å²) < 4.78 is 0. The first-order valence-electron chi connectivity index (χ1n) is 5.00. The number of nitrogens with two attached hydrogens (primary N) is 1. The van der Waals surface area contributed by atoms with Crippen LogP contribution in [0.4, 0.5) is 5.69 Å². The van der Waals surface area contributed by atoms with E-state index in [1.807, 2.05) is 6.07 Å². The van der Waals surface area contributed by atoms with Crippen molar-refractivity contribution >= 4 is 23.2 Å². The van der Waals surface area contributed by atoms with Gasteiger partial charge in [-0.3, -0.25) is 4.79 Å². The third-order valence-electron chi connectivity index (χ3n) is 2.48. The molecule has 0 unspecified atom stereocenters. The number of hydrogen-bond donors (Lipinski definition) is 2. The Bertz CT molecular complexity index is 388. The molecule has 2 rings (SSSR count). The fraction of sp³-hybridized carbons (Fsp3) is 0.364. The van der Waals surface area contributed by atoms with Gasteiger partial charge in [-0.25, -0.2) is 0 Å². The van der Waals surface area contributed by atoms with E-state index in [-0.39, 0.29) is 11.8 Å². The second-order valence-corrected chi connectivity index (χ2v) is 4.18. The average Bonchev–Trinajstić information content (AvgIpc) is 3.04. The number of carbonyl (C=O) groups is 1. The number of halogens is 1. The molecule has 0 saturated heterocycles. The smallest absolute Gasteiger partial charge is 0.227 e. The van der Waals surface area contributed by atoms with Gasteiger partial charge in [-0.2, -0.15) is 0 Å². The third-order valence-corrected chi connectivity index (χ3v) is 2.85. The van der Waals surface area contributed by atoms with Gasteiger partial charge in [0.2, 0.25) is 5.91 Å². The summed E-state index contributed by atoms with van der Waals surface area (Å²) in [5.74, 6) is 0.308. The molecule has 1 aliphatic rings. The van der Waals surface area contributed by atoms with Crippen LogP contribution < -0.4 is 11.1 Å². The highest BCUT2D eigenvalue weighted by Crippen LogP contribution is 2.30. The van der Waals surface area contributed by atoms with Crippen LogP contribution in [0.2, 0.25) is 5.02 Å². The normalized spacial score (nSPS) is 15.1. The van der Waals surface area contributed by atoms with Crippen LogP contribution >= 0.6 is 11.6 Å². The van der Waals surface area contributed by atoms with Crippen LogP contribution in [-0.2, 0) is 11.3 Å². The number of amides is 1. The third kappa shape index (κ3) is 2.49. The highest BCUT2D eigenvalue weighted by Gasteiger charge is 2.29. The Morgan fingerprint density at radius 2 is 2.27 bits per heavy atom. The second kappa shape index (κ2) is 4.21. The maximum atomic E-state index is 11.5. The van der Waals surface area contributed by atoms with E-state index in [0.717, 1.165) is 24.1 Å². The van der Waals surface area contributed by atoms with Gasteiger partial charge in [-0.1, -0.05) is 11.6 Å². The predicted octanol–water partition coefficient (Wildman–Crippen LogP) is 2.15. The van der Waals surface area contributed by atoms with Gasteiger partial charge in [0.15, 0.2) is 0 Å². The standard InChI is InChI=1S/C11H13ClN2O/c12-10-4-3-9(5-8(10)6-13)14-11(15)7-1-2-7/h3-5,7H,1-2,6,13H2,(H,14,15). The number of nitrogens with one attached hydrogen (secondary N) is 1. The lowest BCUT2D eigenvalue weighted by molar-refractivity contribution is -0.117. The van der Waals surface area contributed by atoms with E-state index in [4.69, 9.17) is 17.3 Å². The molecule has 0 radical (unpaired) electrons. The average molecular weight is 225 g/mol. The lowest BCUT2D eigenvalue weighted by Crippen LogP contribution is -2.13. The van der Waals surface area contributed by atoms with Crippen LogP contribution in [0.25, 0.3) is 0 Å². The van der Waals surface area contributed by atoms with Crippen molar-refractivity contribution in [1.29, 1.82) is 0 Å². The summed E-state index contributed by atoms with van der Waals surface area (Å²) in [7, 11) is 0. The molecule has 1 saturated carbocycles. The minimum Gasteiger partial charge on any atom is -0.326 e. The van der Waals surface area contributed by atoms with Gasteiger partial charge >= 0.3 is 0 Å². The fourth-order valence-corrected chi connectivity index (χ4v) is 1.59. The van der Waals surface area contributed by atoms with Crippen LogP contribution in [0, 0.1) is 5.92 Å². The molecule has 1 amide bonds. The number of benzene rings is 1. The van der Waals surface area contributed by atoms with Crippen molar-refractivity contribution in [2.45, 2.75) is 19.4 Å². The van der Waals surface area contributed by atoms with Crippen LogP contribution in [0.5, 0.6) is 0 Å². The Hall–Kier alpha value is -1.06. The van der Waals surface area contributed by atoms with Gasteiger partial charge in [-0.05, 0) is 36.6 Å². The van der Waals surface area contributed by atoms with Crippen LogP contribution in [0.3, 0.4) is 0 Å². The molecule has 1 aromatic rings. The SMILES string of the molecule is NCc1cc(NC(=O)C2CC2)ccc1Cl. The van der Waals surface area contributed by atoms with Crippen LogP contribution in [0.15, 0.2) is 18.2 Å². The molecule has 1 aromatic carbocycles. The molecule has 3 N–H and O–H groups in total. The molecule has 0 atom stereocenters. The minimum atomic E-state index is 0.0975. The molecule has 3 nitrogen and oxygen atoms in total. The Balaban J connectivity index is 2.10. The number of rotatable bonds is 3. The van der Waals surface area contributed by atoms with E-state index in [0.29, 0.717) is 11.6 Å². The van der Waals surface area contributed by atoms with Gasteiger partial charge < -0.3 is 11.1 Å². The Morgan fingerprint density at radius 1 is 1.53 bits per heavy atom. The summed E-state index contributed by atoms with van der Waals surface area (Å²) in [6.07, 6.45) is 2.01. The molecule has 80 valence electrons. The van der Waals surface area contributed by atoms with Crippen molar-refractivity contribution in [2.24, 2.45) is 11.7 Å². The Kier molecular flexibility index (Phi) is 2.93. The van der Waals surface area contributed by atoms with Crippen molar-refractivity contribution in [3.8, 4) is 0 Å². The Morgan fingerprint density at radius 3 is 2.87 bits per heavy atom. The number of carbonyl (C=O) groups excluding carboxylic acids is 1. The zero-order valence-corrected chi connectivity index (χ0v) is 9.05. The second-order valence-electron chi connectivity index (χ2n) is 3.77. The van der Waals surface area contributed by atoms with Crippen LogP contribution in [-0.4, -0.2) is 5.91 Å². The zero-order chi connectivity index (χ0) is 10.8. The maximum Gasteiger partial charge on any atom is 0.227 e. The summed E-state index contributed by atoms with van der Waals surface area (Å²) >= 11 is 5.92.